The molecule has 2 heterocycles. The molecule has 3 aromatic carbocycles. The standard InChI is InChI=1S/C35H33N7O2/c1-4-6-17-28-23(3)37-35(41-28)42-34(44)31(20-24-13-9-7-10-14-24)40-33(43)26-18-19-29-30(21-26)39-32(38-29)27(5-2)36-22-25-15-11-8-12-16-25/h4-19,21-22,31H,1,20H2,2-3H3,(H,38,39)(H,40,43)(H2,37,41,42,44)/b17-6-,27-5-,36-22?. The molecule has 9 nitrogen and oxygen atoms in total. The number of nitrogens with zero attached hydrogens (tertiary/aromatic N) is 3. The van der Waals surface area contributed by atoms with E-state index in [4.69, 9.17) is 0 Å². The van der Waals surface area contributed by atoms with Gasteiger partial charge in [-0.15, -0.1) is 0 Å². The quantitative estimate of drug-likeness (QED) is 0.108. The van der Waals surface area contributed by atoms with Crippen LogP contribution in [0.15, 0.2) is 109 Å². The third-order valence-corrected chi connectivity index (χ3v) is 6.87. The minimum atomic E-state index is -0.863. The van der Waals surface area contributed by atoms with E-state index in [1.54, 1.807) is 42.6 Å². The molecule has 2 amide bonds. The van der Waals surface area contributed by atoms with Gasteiger partial charge in [-0.1, -0.05) is 85.5 Å². The predicted octanol–water partition coefficient (Wildman–Crippen LogP) is 6.25. The highest BCUT2D eigenvalue weighted by atomic mass is 16.2. The van der Waals surface area contributed by atoms with Gasteiger partial charge in [0, 0.05) is 23.9 Å². The number of aliphatic imine (C=N–C) groups is 1. The summed E-state index contributed by atoms with van der Waals surface area (Å²) in [6.45, 7) is 7.43. The lowest BCUT2D eigenvalue weighted by Gasteiger charge is -2.18. The maximum atomic E-state index is 13.5. The van der Waals surface area contributed by atoms with Gasteiger partial charge in [-0.25, -0.2) is 9.97 Å². The molecule has 4 N–H and O–H groups in total. The Labute approximate surface area is 255 Å². The summed E-state index contributed by atoms with van der Waals surface area (Å²) in [6.07, 6.45) is 9.16. The van der Waals surface area contributed by atoms with Gasteiger partial charge in [0.15, 0.2) is 5.82 Å². The van der Waals surface area contributed by atoms with Crippen molar-refractivity contribution in [1.82, 2.24) is 25.3 Å². The van der Waals surface area contributed by atoms with Crippen LogP contribution < -0.4 is 10.6 Å². The molecule has 2 aromatic heterocycles. The summed E-state index contributed by atoms with van der Waals surface area (Å²) in [5, 5.41) is 5.73. The number of anilines is 1. The van der Waals surface area contributed by atoms with E-state index in [1.807, 2.05) is 80.6 Å². The number of H-pyrrole nitrogens is 2. The number of nitrogens with one attached hydrogen (secondary N) is 4. The molecule has 1 atom stereocenters. The highest BCUT2D eigenvalue weighted by molar-refractivity contribution is 6.02. The molecule has 0 fully saturated rings. The third kappa shape index (κ3) is 7.32. The van der Waals surface area contributed by atoms with Crippen LogP contribution in [-0.2, 0) is 11.2 Å². The summed E-state index contributed by atoms with van der Waals surface area (Å²) in [4.78, 5) is 47.0. The van der Waals surface area contributed by atoms with Gasteiger partial charge in [0.1, 0.15) is 11.7 Å². The van der Waals surface area contributed by atoms with E-state index in [0.717, 1.165) is 16.8 Å². The van der Waals surface area contributed by atoms with E-state index in [1.165, 1.54) is 0 Å². The van der Waals surface area contributed by atoms with Gasteiger partial charge in [0.2, 0.25) is 11.9 Å². The molecule has 44 heavy (non-hydrogen) atoms. The molecule has 0 aliphatic rings. The summed E-state index contributed by atoms with van der Waals surface area (Å²) in [7, 11) is 0. The Balaban J connectivity index is 1.35. The van der Waals surface area contributed by atoms with Crippen LogP contribution in [-0.4, -0.2) is 44.0 Å². The Kier molecular flexibility index (Phi) is 9.36. The van der Waals surface area contributed by atoms with Crippen LogP contribution in [0.5, 0.6) is 0 Å². The normalized spacial score (nSPS) is 12.5. The molecule has 0 spiro atoms. The molecular weight excluding hydrogens is 550 g/mol. The highest BCUT2D eigenvalue weighted by Gasteiger charge is 2.24. The zero-order chi connectivity index (χ0) is 30.9. The molecule has 1 unspecified atom stereocenters. The van der Waals surface area contributed by atoms with Gasteiger partial charge in [0.25, 0.3) is 5.91 Å². The number of hydrogen-bond donors (Lipinski definition) is 4. The van der Waals surface area contributed by atoms with Crippen molar-refractivity contribution < 1.29 is 9.59 Å². The van der Waals surface area contributed by atoms with Crippen LogP contribution >= 0.6 is 0 Å². The number of fused-ring (bicyclic) bond motifs is 1. The number of allylic oxidation sites excluding steroid dienone is 3. The summed E-state index contributed by atoms with van der Waals surface area (Å²) < 4.78 is 0. The number of amides is 2. The largest absolute Gasteiger partial charge is 0.340 e. The van der Waals surface area contributed by atoms with Crippen molar-refractivity contribution in [2.24, 2.45) is 4.99 Å². The third-order valence-electron chi connectivity index (χ3n) is 6.87. The molecule has 0 saturated heterocycles. The number of rotatable bonds is 11. The number of carbonyl (C=O) groups excluding carboxylic acids is 2. The molecule has 0 aliphatic carbocycles. The Morgan fingerprint density at radius 1 is 1.00 bits per heavy atom. The maximum Gasteiger partial charge on any atom is 0.252 e. The molecular formula is C35H33N7O2. The van der Waals surface area contributed by atoms with Gasteiger partial charge in [-0.2, -0.15) is 0 Å². The fraction of sp³-hybridized carbons (Fsp3) is 0.114. The number of aryl methyl sites for hydroxylation is 1. The molecule has 5 aromatic rings. The summed E-state index contributed by atoms with van der Waals surface area (Å²) in [6, 6.07) is 23.7. The van der Waals surface area contributed by atoms with E-state index in [2.05, 4.69) is 42.1 Å². The molecule has 0 aliphatic heterocycles. The first-order valence-corrected chi connectivity index (χ1v) is 14.2. The summed E-state index contributed by atoms with van der Waals surface area (Å²) in [5.74, 6) is 0.0982. The zero-order valence-corrected chi connectivity index (χ0v) is 24.5. The first kappa shape index (κ1) is 29.7. The van der Waals surface area contributed by atoms with Crippen molar-refractivity contribution in [3.05, 3.63) is 138 Å². The van der Waals surface area contributed by atoms with Gasteiger partial charge < -0.3 is 15.3 Å². The second-order valence-electron chi connectivity index (χ2n) is 10.1. The van der Waals surface area contributed by atoms with Gasteiger partial charge >= 0.3 is 0 Å². The van der Waals surface area contributed by atoms with Crippen molar-refractivity contribution in [3.8, 4) is 0 Å². The fourth-order valence-corrected chi connectivity index (χ4v) is 4.59. The first-order chi connectivity index (χ1) is 21.4. The Morgan fingerprint density at radius 3 is 2.48 bits per heavy atom. The van der Waals surface area contributed by atoms with Crippen molar-refractivity contribution in [2.75, 3.05) is 5.32 Å². The van der Waals surface area contributed by atoms with Crippen LogP contribution in [0.25, 0.3) is 22.8 Å². The SMILES string of the molecule is C=C/C=C\c1nc(NC(=O)C(Cc2ccccc2)NC(=O)c2ccc3nc(/C(=C/C)N=Cc4ccccc4)[nH]c3c2)[nH]c1C. The van der Waals surface area contributed by atoms with Crippen LogP contribution in [0.1, 0.15) is 45.6 Å². The minimum absolute atomic E-state index is 0.294. The fourth-order valence-electron chi connectivity index (χ4n) is 4.59. The van der Waals surface area contributed by atoms with E-state index in [0.29, 0.717) is 46.2 Å². The van der Waals surface area contributed by atoms with Gasteiger partial charge in [-0.3, -0.25) is 19.9 Å². The van der Waals surface area contributed by atoms with Crippen LogP contribution in [0.4, 0.5) is 5.95 Å². The van der Waals surface area contributed by atoms with E-state index in [9.17, 15) is 9.59 Å². The molecule has 0 saturated carbocycles. The Hall–Kier alpha value is -5.83. The maximum absolute atomic E-state index is 13.5. The molecule has 9 heteroatoms. The van der Waals surface area contributed by atoms with E-state index < -0.39 is 17.9 Å². The second kappa shape index (κ2) is 13.9. The Morgan fingerprint density at radius 2 is 1.75 bits per heavy atom. The monoisotopic (exact) mass is 583 g/mol. The predicted molar refractivity (Wildman–Crippen MR) is 176 cm³/mol. The number of hydrogen-bond acceptors (Lipinski definition) is 5. The number of aromatic nitrogens is 4. The van der Waals surface area contributed by atoms with Crippen molar-refractivity contribution in [3.63, 3.8) is 0 Å². The summed E-state index contributed by atoms with van der Waals surface area (Å²) >= 11 is 0. The van der Waals surface area contributed by atoms with Crippen molar-refractivity contribution in [2.45, 2.75) is 26.3 Å². The number of imidazole rings is 2. The highest BCUT2D eigenvalue weighted by Crippen LogP contribution is 2.20. The molecule has 220 valence electrons. The average molecular weight is 584 g/mol. The second-order valence-corrected chi connectivity index (χ2v) is 10.1. The van der Waals surface area contributed by atoms with Crippen molar-refractivity contribution >= 4 is 46.8 Å². The topological polar surface area (TPSA) is 128 Å². The van der Waals surface area contributed by atoms with Crippen LogP contribution in [0, 0.1) is 6.92 Å². The number of benzene rings is 3. The van der Waals surface area contributed by atoms with Gasteiger partial charge in [0.05, 0.1) is 16.7 Å². The lowest BCUT2D eigenvalue weighted by atomic mass is 10.0. The van der Waals surface area contributed by atoms with E-state index >= 15 is 0 Å². The van der Waals surface area contributed by atoms with Gasteiger partial charge in [-0.05, 0) is 49.2 Å². The van der Waals surface area contributed by atoms with Crippen molar-refractivity contribution in [1.29, 1.82) is 0 Å². The van der Waals surface area contributed by atoms with E-state index in [-0.39, 0.29) is 0 Å². The molecule has 0 bridgehead atoms. The lowest BCUT2D eigenvalue weighted by Crippen LogP contribution is -2.45. The first-order valence-electron chi connectivity index (χ1n) is 14.2. The average Bonchev–Trinajstić information content (AvgIpc) is 3.62. The minimum Gasteiger partial charge on any atom is -0.340 e. The summed E-state index contributed by atoms with van der Waals surface area (Å²) in [5.41, 5.74) is 5.79. The molecule has 5 rings (SSSR count). The Bertz CT molecular complexity index is 1870. The number of carbonyl (C=O) groups is 2. The van der Waals surface area contributed by atoms with Crippen LogP contribution in [0.3, 0.4) is 0 Å². The van der Waals surface area contributed by atoms with Crippen LogP contribution in [0.2, 0.25) is 0 Å². The molecule has 0 radical (unpaired) electrons. The number of aromatic amines is 2. The smallest absolute Gasteiger partial charge is 0.252 e. The lowest BCUT2D eigenvalue weighted by molar-refractivity contribution is -0.118. The zero-order valence-electron chi connectivity index (χ0n) is 24.5.